The maximum absolute atomic E-state index is 13.4. The van der Waals surface area contributed by atoms with Gasteiger partial charge in [-0.15, -0.1) is 15.3 Å². The molecule has 1 unspecified atom stereocenters. The van der Waals surface area contributed by atoms with Crippen molar-refractivity contribution >= 4 is 11.5 Å². The Labute approximate surface area is 135 Å². The van der Waals surface area contributed by atoms with Crippen LogP contribution in [0.25, 0.3) is 17.0 Å². The Balaban J connectivity index is 1.68. The van der Waals surface area contributed by atoms with E-state index in [2.05, 4.69) is 15.3 Å². The summed E-state index contributed by atoms with van der Waals surface area (Å²) in [5.74, 6) is -2.65. The number of alkyl halides is 2. The molecular weight excluding hydrogens is 319 g/mol. The van der Waals surface area contributed by atoms with E-state index in [4.69, 9.17) is 0 Å². The molecule has 2 aromatic heterocycles. The van der Waals surface area contributed by atoms with Gasteiger partial charge in [-0.2, -0.15) is 4.52 Å². The predicted octanol–water partition coefficient (Wildman–Crippen LogP) is 3.02. The first kappa shape index (κ1) is 14.9. The highest BCUT2D eigenvalue weighted by molar-refractivity contribution is 5.59. The average Bonchev–Trinajstić information content (AvgIpc) is 2.96. The van der Waals surface area contributed by atoms with Crippen LogP contribution in [0.15, 0.2) is 36.4 Å². The van der Waals surface area contributed by atoms with Gasteiger partial charge >= 0.3 is 0 Å². The normalized spacial score (nSPS) is 18.8. The van der Waals surface area contributed by atoms with Crippen molar-refractivity contribution in [2.24, 2.45) is 5.92 Å². The van der Waals surface area contributed by atoms with Crippen LogP contribution in [0.2, 0.25) is 0 Å². The van der Waals surface area contributed by atoms with Gasteiger partial charge in [-0.1, -0.05) is 12.1 Å². The van der Waals surface area contributed by atoms with Crippen LogP contribution in [0.4, 0.5) is 19.0 Å². The monoisotopic (exact) mass is 333 g/mol. The van der Waals surface area contributed by atoms with Crippen LogP contribution in [0.5, 0.6) is 0 Å². The lowest BCUT2D eigenvalue weighted by molar-refractivity contribution is 0.100. The molecule has 1 atom stereocenters. The standard InChI is InChI=1S/C16H14F3N5/c1-23(9-11-8-16(11,18)19)14-6-5-13-20-21-15(24(13)22-14)10-3-2-4-12(17)7-10/h2-7,11H,8-9H2,1H3. The van der Waals surface area contributed by atoms with Crippen LogP contribution < -0.4 is 4.90 Å². The van der Waals surface area contributed by atoms with Crippen LogP contribution in [0.1, 0.15) is 6.42 Å². The lowest BCUT2D eigenvalue weighted by Gasteiger charge is -2.17. The summed E-state index contributed by atoms with van der Waals surface area (Å²) in [5.41, 5.74) is 1.05. The van der Waals surface area contributed by atoms with Crippen molar-refractivity contribution in [3.63, 3.8) is 0 Å². The minimum atomic E-state index is -2.57. The van der Waals surface area contributed by atoms with E-state index in [0.29, 0.717) is 22.9 Å². The van der Waals surface area contributed by atoms with Crippen LogP contribution in [-0.4, -0.2) is 39.3 Å². The van der Waals surface area contributed by atoms with Crippen molar-refractivity contribution in [2.45, 2.75) is 12.3 Å². The third-order valence-corrected chi connectivity index (χ3v) is 4.17. The Bertz CT molecular complexity index is 908. The Morgan fingerprint density at radius 2 is 2.04 bits per heavy atom. The van der Waals surface area contributed by atoms with Gasteiger partial charge < -0.3 is 4.90 Å². The highest BCUT2D eigenvalue weighted by Gasteiger charge is 2.57. The van der Waals surface area contributed by atoms with E-state index in [-0.39, 0.29) is 18.8 Å². The summed E-state index contributed by atoms with van der Waals surface area (Å²) in [6.07, 6.45) is -0.0826. The largest absolute Gasteiger partial charge is 0.358 e. The first-order chi connectivity index (χ1) is 11.4. The number of nitrogens with zero attached hydrogens (tertiary/aromatic N) is 5. The first-order valence-corrected chi connectivity index (χ1v) is 7.51. The molecule has 124 valence electrons. The lowest BCUT2D eigenvalue weighted by Crippen LogP contribution is -2.23. The molecule has 4 rings (SSSR count). The predicted molar refractivity (Wildman–Crippen MR) is 82.5 cm³/mol. The van der Waals surface area contributed by atoms with Crippen molar-refractivity contribution in [3.05, 3.63) is 42.2 Å². The molecule has 0 amide bonds. The number of halogens is 3. The molecule has 0 saturated heterocycles. The molecule has 1 aliphatic carbocycles. The van der Waals surface area contributed by atoms with E-state index in [9.17, 15) is 13.2 Å². The number of anilines is 1. The molecule has 2 heterocycles. The lowest BCUT2D eigenvalue weighted by atomic mass is 10.2. The molecule has 1 saturated carbocycles. The summed E-state index contributed by atoms with van der Waals surface area (Å²) >= 11 is 0. The summed E-state index contributed by atoms with van der Waals surface area (Å²) < 4.78 is 41.1. The zero-order valence-corrected chi connectivity index (χ0v) is 12.8. The summed E-state index contributed by atoms with van der Waals surface area (Å²) in [5, 5.41) is 12.5. The van der Waals surface area contributed by atoms with Crippen molar-refractivity contribution in [1.29, 1.82) is 0 Å². The summed E-state index contributed by atoms with van der Waals surface area (Å²) in [6, 6.07) is 9.40. The van der Waals surface area contributed by atoms with Gasteiger partial charge in [0.05, 0.1) is 0 Å². The highest BCUT2D eigenvalue weighted by Crippen LogP contribution is 2.48. The molecule has 1 fully saturated rings. The van der Waals surface area contributed by atoms with E-state index in [1.807, 2.05) is 0 Å². The van der Waals surface area contributed by atoms with Gasteiger partial charge in [0.25, 0.3) is 5.92 Å². The second kappa shape index (κ2) is 5.19. The van der Waals surface area contributed by atoms with Crippen LogP contribution in [0.3, 0.4) is 0 Å². The first-order valence-electron chi connectivity index (χ1n) is 7.51. The third-order valence-electron chi connectivity index (χ3n) is 4.17. The van der Waals surface area contributed by atoms with Crippen molar-refractivity contribution in [3.8, 4) is 11.4 Å². The fraction of sp³-hybridized carbons (Fsp3) is 0.312. The van der Waals surface area contributed by atoms with E-state index in [1.54, 1.807) is 36.2 Å². The van der Waals surface area contributed by atoms with E-state index in [0.717, 1.165) is 0 Å². The van der Waals surface area contributed by atoms with Gasteiger partial charge in [0.2, 0.25) is 0 Å². The molecule has 3 aromatic rings. The van der Waals surface area contributed by atoms with Crippen LogP contribution >= 0.6 is 0 Å². The molecule has 1 aliphatic rings. The van der Waals surface area contributed by atoms with Gasteiger partial charge in [0.1, 0.15) is 11.6 Å². The van der Waals surface area contributed by atoms with E-state index < -0.39 is 11.8 Å². The highest BCUT2D eigenvalue weighted by atomic mass is 19.3. The fourth-order valence-corrected chi connectivity index (χ4v) is 2.68. The minimum absolute atomic E-state index is 0.0826. The topological polar surface area (TPSA) is 46.3 Å². The van der Waals surface area contributed by atoms with Gasteiger partial charge in [-0.25, -0.2) is 13.2 Å². The molecule has 0 N–H and O–H groups in total. The molecule has 0 radical (unpaired) electrons. The van der Waals surface area contributed by atoms with Gasteiger partial charge in [0, 0.05) is 31.5 Å². The maximum atomic E-state index is 13.4. The number of hydrogen-bond donors (Lipinski definition) is 0. The van der Waals surface area contributed by atoms with Crippen LogP contribution in [-0.2, 0) is 0 Å². The second-order valence-corrected chi connectivity index (χ2v) is 6.04. The van der Waals surface area contributed by atoms with Gasteiger partial charge in [-0.05, 0) is 24.3 Å². The van der Waals surface area contributed by atoms with Crippen molar-refractivity contribution in [1.82, 2.24) is 19.8 Å². The molecular formula is C16H14F3N5. The maximum Gasteiger partial charge on any atom is 0.253 e. The fourth-order valence-electron chi connectivity index (χ4n) is 2.68. The zero-order chi connectivity index (χ0) is 16.9. The third kappa shape index (κ3) is 2.57. The Kier molecular flexibility index (Phi) is 3.22. The van der Waals surface area contributed by atoms with E-state index in [1.165, 1.54) is 16.6 Å². The minimum Gasteiger partial charge on any atom is -0.358 e. The number of fused-ring (bicyclic) bond motifs is 1. The average molecular weight is 333 g/mol. The smallest absolute Gasteiger partial charge is 0.253 e. The SMILES string of the molecule is CN(CC1CC1(F)F)c1ccc2nnc(-c3cccc(F)c3)n2n1. The summed E-state index contributed by atoms with van der Waals surface area (Å²) in [7, 11) is 1.72. The Hall–Kier alpha value is -2.64. The second-order valence-electron chi connectivity index (χ2n) is 6.04. The number of hydrogen-bond acceptors (Lipinski definition) is 4. The quantitative estimate of drug-likeness (QED) is 0.736. The zero-order valence-electron chi connectivity index (χ0n) is 12.8. The van der Waals surface area contributed by atoms with Crippen molar-refractivity contribution in [2.75, 3.05) is 18.5 Å². The van der Waals surface area contributed by atoms with Gasteiger partial charge in [-0.3, -0.25) is 0 Å². The molecule has 0 aliphatic heterocycles. The summed E-state index contributed by atoms with van der Waals surface area (Å²) in [6.45, 7) is 0.225. The number of aromatic nitrogens is 4. The summed E-state index contributed by atoms with van der Waals surface area (Å²) in [4.78, 5) is 1.68. The molecule has 5 nitrogen and oxygen atoms in total. The molecule has 1 aromatic carbocycles. The number of rotatable bonds is 4. The number of benzene rings is 1. The van der Waals surface area contributed by atoms with Crippen molar-refractivity contribution < 1.29 is 13.2 Å². The Morgan fingerprint density at radius 1 is 1.25 bits per heavy atom. The Morgan fingerprint density at radius 3 is 2.75 bits per heavy atom. The molecule has 8 heteroatoms. The van der Waals surface area contributed by atoms with Crippen LogP contribution in [0, 0.1) is 11.7 Å². The molecule has 24 heavy (non-hydrogen) atoms. The van der Waals surface area contributed by atoms with E-state index >= 15 is 0 Å². The van der Waals surface area contributed by atoms with Gasteiger partial charge in [0.15, 0.2) is 11.5 Å². The molecule has 0 bridgehead atoms. The molecule has 0 spiro atoms.